The predicted octanol–water partition coefficient (Wildman–Crippen LogP) is 2.95. The number of carbonyl (C=O) groups excluding carboxylic acids is 2. The molecule has 3 nitrogen and oxygen atoms in total. The van der Waals surface area contributed by atoms with Gasteiger partial charge in [-0.05, 0) is 24.8 Å². The molecule has 0 atom stereocenters. The highest BCUT2D eigenvalue weighted by Crippen LogP contribution is 2.46. The second-order valence-electron chi connectivity index (χ2n) is 5.87. The van der Waals surface area contributed by atoms with Crippen LogP contribution in [0.3, 0.4) is 0 Å². The van der Waals surface area contributed by atoms with E-state index in [-0.39, 0.29) is 11.3 Å². The molecule has 1 amide bonds. The Bertz CT molecular complexity index is 591. The van der Waals surface area contributed by atoms with Crippen LogP contribution in [0.4, 0.5) is 0 Å². The summed E-state index contributed by atoms with van der Waals surface area (Å²) in [7, 11) is 0. The molecule has 0 aliphatic heterocycles. The molecule has 0 saturated heterocycles. The molecule has 3 rings (SSSR count). The van der Waals surface area contributed by atoms with Crippen LogP contribution in [-0.2, 0) is 15.0 Å². The van der Waals surface area contributed by atoms with Crippen molar-refractivity contribution in [2.45, 2.75) is 44.4 Å². The Labute approximate surface area is 119 Å². The van der Waals surface area contributed by atoms with Gasteiger partial charge in [-0.15, -0.1) is 0 Å². The van der Waals surface area contributed by atoms with Gasteiger partial charge in [0.1, 0.15) is 5.78 Å². The van der Waals surface area contributed by atoms with Gasteiger partial charge in [0, 0.05) is 36.4 Å². The number of allylic oxidation sites excluding steroid dienone is 1. The van der Waals surface area contributed by atoms with Crippen LogP contribution in [0.15, 0.2) is 30.3 Å². The molecule has 20 heavy (non-hydrogen) atoms. The molecule has 1 N–H and O–H groups in total. The number of benzene rings is 1. The summed E-state index contributed by atoms with van der Waals surface area (Å²) in [6, 6.07) is 8.27. The summed E-state index contributed by atoms with van der Waals surface area (Å²) < 4.78 is 0. The van der Waals surface area contributed by atoms with E-state index in [1.807, 2.05) is 12.1 Å². The minimum Gasteiger partial charge on any atom is -0.326 e. The van der Waals surface area contributed by atoms with Crippen molar-refractivity contribution >= 4 is 17.4 Å². The summed E-state index contributed by atoms with van der Waals surface area (Å²) in [5.41, 5.74) is 3.41. The smallest absolute Gasteiger partial charge is 0.221 e. The highest BCUT2D eigenvalue weighted by molar-refractivity contribution is 5.87. The van der Waals surface area contributed by atoms with E-state index >= 15 is 0 Å². The molecule has 1 saturated carbocycles. The summed E-state index contributed by atoms with van der Waals surface area (Å²) in [5.74, 6) is 0.338. The number of carbonyl (C=O) groups is 2. The lowest BCUT2D eigenvalue weighted by Gasteiger charge is -2.41. The quantitative estimate of drug-likeness (QED) is 0.852. The van der Waals surface area contributed by atoms with Crippen molar-refractivity contribution in [3.05, 3.63) is 41.5 Å². The molecule has 104 valence electrons. The van der Waals surface area contributed by atoms with Crippen molar-refractivity contribution in [3.63, 3.8) is 0 Å². The molecule has 1 aromatic rings. The lowest BCUT2D eigenvalue weighted by Crippen LogP contribution is -2.36. The average Bonchev–Trinajstić information content (AvgIpc) is 2.45. The standard InChI is InChI=1S/C17H19NO2/c1-12(19)18-16-8-11-17(9-6-13(20)7-10-17)15-5-3-2-4-14(15)16/h2-5,8H,6-7,9-11H2,1H3,(H,18,19). The molecule has 0 radical (unpaired) electrons. The molecule has 0 unspecified atom stereocenters. The average molecular weight is 269 g/mol. The highest BCUT2D eigenvalue weighted by atomic mass is 16.1. The van der Waals surface area contributed by atoms with E-state index in [0.717, 1.165) is 30.5 Å². The van der Waals surface area contributed by atoms with Crippen LogP contribution in [0.1, 0.15) is 50.2 Å². The fraction of sp³-hybridized carbons (Fsp3) is 0.412. The number of amides is 1. The molecule has 0 aromatic heterocycles. The first kappa shape index (κ1) is 13.1. The Morgan fingerprint density at radius 2 is 1.90 bits per heavy atom. The van der Waals surface area contributed by atoms with Gasteiger partial charge in [0.15, 0.2) is 0 Å². The van der Waals surface area contributed by atoms with Crippen molar-refractivity contribution in [1.82, 2.24) is 5.32 Å². The number of hydrogen-bond donors (Lipinski definition) is 1. The number of ketones is 1. The monoisotopic (exact) mass is 269 g/mol. The van der Waals surface area contributed by atoms with Crippen LogP contribution >= 0.6 is 0 Å². The van der Waals surface area contributed by atoms with Gasteiger partial charge in [-0.3, -0.25) is 9.59 Å². The van der Waals surface area contributed by atoms with E-state index in [1.54, 1.807) is 0 Å². The summed E-state index contributed by atoms with van der Waals surface area (Å²) in [6.07, 6.45) is 6.24. The van der Waals surface area contributed by atoms with E-state index in [4.69, 9.17) is 0 Å². The Hall–Kier alpha value is -1.90. The molecule has 2 aliphatic rings. The van der Waals surface area contributed by atoms with Crippen molar-refractivity contribution in [2.75, 3.05) is 0 Å². The van der Waals surface area contributed by atoms with Crippen molar-refractivity contribution in [1.29, 1.82) is 0 Å². The van der Waals surface area contributed by atoms with Crippen LogP contribution in [0.2, 0.25) is 0 Å². The first-order valence-corrected chi connectivity index (χ1v) is 7.20. The summed E-state index contributed by atoms with van der Waals surface area (Å²) >= 11 is 0. The lowest BCUT2D eigenvalue weighted by atomic mass is 9.63. The van der Waals surface area contributed by atoms with Gasteiger partial charge < -0.3 is 5.32 Å². The molecule has 1 spiro atoms. The van der Waals surface area contributed by atoms with E-state index in [9.17, 15) is 9.59 Å². The second kappa shape index (κ2) is 4.89. The van der Waals surface area contributed by atoms with Gasteiger partial charge >= 0.3 is 0 Å². The minimum absolute atomic E-state index is 0.0409. The summed E-state index contributed by atoms with van der Waals surface area (Å²) in [5, 5.41) is 2.92. The van der Waals surface area contributed by atoms with Crippen LogP contribution < -0.4 is 5.32 Å². The lowest BCUT2D eigenvalue weighted by molar-refractivity contribution is -0.121. The van der Waals surface area contributed by atoms with E-state index in [0.29, 0.717) is 18.6 Å². The molecule has 1 aromatic carbocycles. The van der Waals surface area contributed by atoms with E-state index < -0.39 is 0 Å². The van der Waals surface area contributed by atoms with Crippen molar-refractivity contribution in [2.24, 2.45) is 0 Å². The molecular formula is C17H19NO2. The Balaban J connectivity index is 2.01. The molecular weight excluding hydrogens is 250 g/mol. The van der Waals surface area contributed by atoms with Gasteiger partial charge in [-0.25, -0.2) is 0 Å². The third-order valence-electron chi connectivity index (χ3n) is 4.56. The number of Topliss-reactive ketones (excluding diaryl/α,β-unsaturated/α-hetero) is 1. The predicted molar refractivity (Wildman–Crippen MR) is 78.0 cm³/mol. The van der Waals surface area contributed by atoms with Gasteiger partial charge in [0.05, 0.1) is 0 Å². The highest BCUT2D eigenvalue weighted by Gasteiger charge is 2.39. The normalized spacial score (nSPS) is 20.2. The SMILES string of the molecule is CC(=O)NC1=CCC2(CCC(=O)CC2)c2ccccc21. The van der Waals surface area contributed by atoms with Gasteiger partial charge in [-0.2, -0.15) is 0 Å². The maximum Gasteiger partial charge on any atom is 0.221 e. The zero-order valence-electron chi connectivity index (χ0n) is 11.7. The summed E-state index contributed by atoms with van der Waals surface area (Å²) in [4.78, 5) is 22.9. The number of nitrogens with one attached hydrogen (secondary N) is 1. The molecule has 3 heteroatoms. The number of hydrogen-bond acceptors (Lipinski definition) is 2. The number of rotatable bonds is 1. The maximum absolute atomic E-state index is 11.5. The zero-order chi connectivity index (χ0) is 14.2. The van der Waals surface area contributed by atoms with Crippen LogP contribution in [0, 0.1) is 0 Å². The third kappa shape index (κ3) is 2.17. The maximum atomic E-state index is 11.5. The molecule has 2 aliphatic carbocycles. The van der Waals surface area contributed by atoms with Crippen LogP contribution in [0.25, 0.3) is 5.70 Å². The second-order valence-corrected chi connectivity index (χ2v) is 5.87. The Morgan fingerprint density at radius 3 is 2.60 bits per heavy atom. The third-order valence-corrected chi connectivity index (χ3v) is 4.56. The minimum atomic E-state index is -0.0409. The molecule has 0 heterocycles. The topological polar surface area (TPSA) is 46.2 Å². The van der Waals surface area contributed by atoms with E-state index in [2.05, 4.69) is 23.5 Å². The first-order chi connectivity index (χ1) is 9.61. The van der Waals surface area contributed by atoms with Gasteiger partial charge in [0.25, 0.3) is 0 Å². The number of fused-ring (bicyclic) bond motifs is 2. The first-order valence-electron chi connectivity index (χ1n) is 7.20. The zero-order valence-corrected chi connectivity index (χ0v) is 11.7. The Kier molecular flexibility index (Phi) is 3.20. The van der Waals surface area contributed by atoms with Crippen LogP contribution in [0.5, 0.6) is 0 Å². The van der Waals surface area contributed by atoms with Crippen LogP contribution in [-0.4, -0.2) is 11.7 Å². The summed E-state index contributed by atoms with van der Waals surface area (Å²) in [6.45, 7) is 1.53. The Morgan fingerprint density at radius 1 is 1.20 bits per heavy atom. The fourth-order valence-corrected chi connectivity index (χ4v) is 3.49. The molecule has 0 bridgehead atoms. The fourth-order valence-electron chi connectivity index (χ4n) is 3.49. The van der Waals surface area contributed by atoms with Crippen molar-refractivity contribution < 1.29 is 9.59 Å². The van der Waals surface area contributed by atoms with Gasteiger partial charge in [-0.1, -0.05) is 30.3 Å². The molecule has 1 fully saturated rings. The largest absolute Gasteiger partial charge is 0.326 e. The van der Waals surface area contributed by atoms with Crippen molar-refractivity contribution in [3.8, 4) is 0 Å². The van der Waals surface area contributed by atoms with E-state index in [1.165, 1.54) is 12.5 Å². The van der Waals surface area contributed by atoms with Gasteiger partial charge in [0.2, 0.25) is 5.91 Å².